The average molecular weight is 289 g/mol. The zero-order valence-corrected chi connectivity index (χ0v) is 13.3. The minimum absolute atomic E-state index is 0.0513. The maximum atomic E-state index is 12.7. The summed E-state index contributed by atoms with van der Waals surface area (Å²) in [5.74, 6) is -0.0688. The Labute approximate surface area is 125 Å². The fourth-order valence-corrected chi connectivity index (χ4v) is 2.49. The number of nitrogens with one attached hydrogen (secondary N) is 2. The number of hydrogen-bond donors (Lipinski definition) is 2. The number of benzene rings is 1. The van der Waals surface area contributed by atoms with E-state index in [9.17, 15) is 9.59 Å². The summed E-state index contributed by atoms with van der Waals surface area (Å²) in [6.07, 6.45) is 0. The molecule has 0 aliphatic carbocycles. The fourth-order valence-electron chi connectivity index (χ4n) is 2.49. The van der Waals surface area contributed by atoms with Crippen LogP contribution < -0.4 is 15.5 Å². The molecule has 1 aliphatic rings. The predicted molar refractivity (Wildman–Crippen MR) is 84.6 cm³/mol. The zero-order valence-electron chi connectivity index (χ0n) is 13.3. The summed E-state index contributed by atoms with van der Waals surface area (Å²) in [5, 5.41) is 5.89. The highest BCUT2D eigenvalue weighted by Gasteiger charge is 2.35. The second-order valence-electron chi connectivity index (χ2n) is 5.92. The topological polar surface area (TPSA) is 61.4 Å². The van der Waals surface area contributed by atoms with E-state index in [0.29, 0.717) is 0 Å². The third kappa shape index (κ3) is 2.86. The van der Waals surface area contributed by atoms with Crippen LogP contribution in [-0.4, -0.2) is 31.4 Å². The van der Waals surface area contributed by atoms with Crippen molar-refractivity contribution in [1.82, 2.24) is 5.32 Å². The lowest BCUT2D eigenvalue weighted by molar-refractivity contribution is -0.124. The Balaban J connectivity index is 2.49. The van der Waals surface area contributed by atoms with E-state index in [4.69, 9.17) is 0 Å². The first-order chi connectivity index (χ1) is 9.85. The molecule has 2 rings (SSSR count). The van der Waals surface area contributed by atoms with Gasteiger partial charge in [-0.2, -0.15) is 0 Å². The van der Waals surface area contributed by atoms with Gasteiger partial charge in [-0.3, -0.25) is 14.5 Å². The molecular weight excluding hydrogens is 266 g/mol. The van der Waals surface area contributed by atoms with Crippen LogP contribution in [0.25, 0.3) is 0 Å². The van der Waals surface area contributed by atoms with Crippen LogP contribution >= 0.6 is 0 Å². The van der Waals surface area contributed by atoms with E-state index in [0.717, 1.165) is 22.5 Å². The maximum absolute atomic E-state index is 12.7. The number of likely N-dealkylation sites (N-methyl/N-ethyl adjacent to an activating group) is 1. The first-order valence-electron chi connectivity index (χ1n) is 7.25. The van der Waals surface area contributed by atoms with E-state index in [-0.39, 0.29) is 30.3 Å². The smallest absolute Gasteiger partial charge is 0.250 e. The van der Waals surface area contributed by atoms with Crippen molar-refractivity contribution in [2.24, 2.45) is 5.92 Å². The molecular formula is C16H23N3O2. The molecule has 114 valence electrons. The van der Waals surface area contributed by atoms with Crippen LogP contribution in [0.2, 0.25) is 0 Å². The second-order valence-corrected chi connectivity index (χ2v) is 5.92. The second kappa shape index (κ2) is 5.76. The van der Waals surface area contributed by atoms with Gasteiger partial charge in [0.25, 0.3) is 0 Å². The van der Waals surface area contributed by atoms with Crippen LogP contribution in [0.4, 0.5) is 11.4 Å². The van der Waals surface area contributed by atoms with E-state index >= 15 is 0 Å². The molecule has 2 N–H and O–H groups in total. The molecule has 0 saturated carbocycles. The Morgan fingerprint density at radius 2 is 1.95 bits per heavy atom. The van der Waals surface area contributed by atoms with Crippen LogP contribution in [0, 0.1) is 19.8 Å². The van der Waals surface area contributed by atoms with Crippen molar-refractivity contribution in [3.05, 3.63) is 23.3 Å². The number of rotatable bonds is 3. The molecule has 21 heavy (non-hydrogen) atoms. The quantitative estimate of drug-likeness (QED) is 0.892. The molecule has 1 atom stereocenters. The van der Waals surface area contributed by atoms with Gasteiger partial charge in [0.2, 0.25) is 11.8 Å². The standard InChI is InChI=1S/C16H23N3O2/c1-9(2)15-16(21)19(8-14(20)17-5)13-7-11(4)10(3)6-12(13)18-15/h6-7,9,15,18H,8H2,1-5H3,(H,17,20). The fraction of sp³-hybridized carbons (Fsp3) is 0.500. The van der Waals surface area contributed by atoms with Crippen LogP contribution in [-0.2, 0) is 9.59 Å². The summed E-state index contributed by atoms with van der Waals surface area (Å²) in [6, 6.07) is 3.71. The van der Waals surface area contributed by atoms with Crippen LogP contribution in [0.5, 0.6) is 0 Å². The number of amides is 2. The average Bonchev–Trinajstić information content (AvgIpc) is 2.43. The lowest BCUT2D eigenvalue weighted by Crippen LogP contribution is -2.52. The molecule has 0 aromatic heterocycles. The van der Waals surface area contributed by atoms with Gasteiger partial charge in [-0.15, -0.1) is 0 Å². The minimum atomic E-state index is -0.302. The summed E-state index contributed by atoms with van der Waals surface area (Å²) in [6.45, 7) is 8.10. The largest absolute Gasteiger partial charge is 0.372 e. The van der Waals surface area contributed by atoms with Gasteiger partial charge in [-0.1, -0.05) is 13.8 Å². The van der Waals surface area contributed by atoms with Gasteiger partial charge in [-0.05, 0) is 43.0 Å². The summed E-state index contributed by atoms with van der Waals surface area (Å²) in [5.41, 5.74) is 3.97. The van der Waals surface area contributed by atoms with Gasteiger partial charge in [0.05, 0.1) is 11.4 Å². The van der Waals surface area contributed by atoms with Crippen molar-refractivity contribution >= 4 is 23.2 Å². The molecule has 1 aromatic rings. The Morgan fingerprint density at radius 3 is 2.52 bits per heavy atom. The van der Waals surface area contributed by atoms with E-state index in [1.165, 1.54) is 0 Å². The Bertz CT molecular complexity index is 581. The molecule has 0 radical (unpaired) electrons. The first kappa shape index (κ1) is 15.4. The number of aryl methyl sites for hydroxylation is 2. The van der Waals surface area contributed by atoms with Crippen LogP contribution in [0.15, 0.2) is 12.1 Å². The van der Waals surface area contributed by atoms with E-state index in [1.54, 1.807) is 11.9 Å². The minimum Gasteiger partial charge on any atom is -0.372 e. The molecule has 0 fully saturated rings. The Morgan fingerprint density at radius 1 is 1.33 bits per heavy atom. The third-order valence-electron chi connectivity index (χ3n) is 3.99. The normalized spacial score (nSPS) is 17.5. The van der Waals surface area contributed by atoms with E-state index in [2.05, 4.69) is 10.6 Å². The SMILES string of the molecule is CNC(=O)CN1C(=O)C(C(C)C)Nc2cc(C)c(C)cc21. The van der Waals surface area contributed by atoms with Crippen molar-refractivity contribution in [2.75, 3.05) is 23.8 Å². The van der Waals surface area contributed by atoms with Crippen LogP contribution in [0.1, 0.15) is 25.0 Å². The number of carbonyl (C=O) groups excluding carboxylic acids is 2. The monoisotopic (exact) mass is 289 g/mol. The molecule has 0 saturated heterocycles. The summed E-state index contributed by atoms with van der Waals surface area (Å²) < 4.78 is 0. The van der Waals surface area contributed by atoms with Gasteiger partial charge in [0.1, 0.15) is 12.6 Å². The molecule has 1 unspecified atom stereocenters. The molecule has 0 spiro atoms. The molecule has 5 nitrogen and oxygen atoms in total. The highest BCUT2D eigenvalue weighted by molar-refractivity contribution is 6.08. The van der Waals surface area contributed by atoms with E-state index in [1.807, 2.05) is 39.8 Å². The molecule has 1 aromatic carbocycles. The number of hydrogen-bond acceptors (Lipinski definition) is 3. The lowest BCUT2D eigenvalue weighted by Gasteiger charge is -2.37. The van der Waals surface area contributed by atoms with Crippen molar-refractivity contribution in [2.45, 2.75) is 33.7 Å². The maximum Gasteiger partial charge on any atom is 0.250 e. The highest BCUT2D eigenvalue weighted by Crippen LogP contribution is 2.35. The van der Waals surface area contributed by atoms with Crippen LogP contribution in [0.3, 0.4) is 0 Å². The van der Waals surface area contributed by atoms with Gasteiger partial charge in [-0.25, -0.2) is 0 Å². The summed E-state index contributed by atoms with van der Waals surface area (Å²) in [4.78, 5) is 26.0. The molecule has 1 aliphatic heterocycles. The van der Waals surface area contributed by atoms with Gasteiger partial charge in [0, 0.05) is 7.05 Å². The predicted octanol–water partition coefficient (Wildman–Crippen LogP) is 1.83. The number of carbonyl (C=O) groups is 2. The Hall–Kier alpha value is -2.04. The zero-order chi connectivity index (χ0) is 15.7. The molecule has 2 amide bonds. The molecule has 5 heteroatoms. The summed E-state index contributed by atoms with van der Waals surface area (Å²) >= 11 is 0. The summed E-state index contributed by atoms with van der Waals surface area (Å²) in [7, 11) is 1.58. The van der Waals surface area contributed by atoms with Crippen molar-refractivity contribution in [1.29, 1.82) is 0 Å². The van der Waals surface area contributed by atoms with Gasteiger partial charge < -0.3 is 10.6 Å². The highest BCUT2D eigenvalue weighted by atomic mass is 16.2. The van der Waals surface area contributed by atoms with Crippen molar-refractivity contribution in [3.63, 3.8) is 0 Å². The lowest BCUT2D eigenvalue weighted by atomic mass is 9.97. The third-order valence-corrected chi connectivity index (χ3v) is 3.99. The first-order valence-corrected chi connectivity index (χ1v) is 7.25. The van der Waals surface area contributed by atoms with Gasteiger partial charge >= 0.3 is 0 Å². The Kier molecular flexibility index (Phi) is 4.21. The van der Waals surface area contributed by atoms with Crippen molar-refractivity contribution in [3.8, 4) is 0 Å². The molecule has 0 bridgehead atoms. The van der Waals surface area contributed by atoms with Gasteiger partial charge in [0.15, 0.2) is 0 Å². The van der Waals surface area contributed by atoms with E-state index < -0.39 is 0 Å². The number of fused-ring (bicyclic) bond motifs is 1. The number of nitrogens with zero attached hydrogens (tertiary/aromatic N) is 1. The molecule has 1 heterocycles. The van der Waals surface area contributed by atoms with Crippen molar-refractivity contribution < 1.29 is 9.59 Å². The number of anilines is 2.